The Labute approximate surface area is 139 Å². The lowest BCUT2D eigenvalue weighted by molar-refractivity contribution is -0.115. The smallest absolute Gasteiger partial charge is 0.00983 e. The summed E-state index contributed by atoms with van der Waals surface area (Å²) in [6.45, 7) is 8.79. The summed E-state index contributed by atoms with van der Waals surface area (Å²) in [4.78, 5) is 0. The molecule has 1 N–H and O–H groups in total. The van der Waals surface area contributed by atoms with Crippen LogP contribution in [-0.2, 0) is 0 Å². The summed E-state index contributed by atoms with van der Waals surface area (Å²) >= 11 is 0. The maximum Gasteiger partial charge on any atom is 0.00983 e. The van der Waals surface area contributed by atoms with Crippen molar-refractivity contribution in [2.45, 2.75) is 97.4 Å². The summed E-state index contributed by atoms with van der Waals surface area (Å²) in [6, 6.07) is 0.814. The monoisotopic (exact) mass is 305 g/mol. The average molecular weight is 306 g/mol. The molecule has 4 fully saturated rings. The molecule has 4 rings (SSSR count). The predicted molar refractivity (Wildman–Crippen MR) is 96.0 cm³/mol. The van der Waals surface area contributed by atoms with Crippen LogP contribution in [0.1, 0.15) is 91.4 Å². The van der Waals surface area contributed by atoms with Crippen LogP contribution < -0.4 is 5.32 Å². The molecular weight excluding hydrogens is 266 g/mol. The normalized spacial score (nSPS) is 38.9. The van der Waals surface area contributed by atoms with Crippen molar-refractivity contribution in [1.29, 1.82) is 0 Å². The largest absolute Gasteiger partial charge is 0.314 e. The van der Waals surface area contributed by atoms with Gasteiger partial charge in [0.1, 0.15) is 0 Å². The third kappa shape index (κ3) is 3.55. The summed E-state index contributed by atoms with van der Waals surface area (Å²) < 4.78 is 0. The summed E-state index contributed by atoms with van der Waals surface area (Å²) in [6.07, 6.45) is 16.3. The molecule has 0 aromatic carbocycles. The molecule has 128 valence electrons. The van der Waals surface area contributed by atoms with E-state index in [0.29, 0.717) is 5.41 Å². The quantitative estimate of drug-likeness (QED) is 0.634. The molecule has 0 radical (unpaired) electrons. The maximum absolute atomic E-state index is 3.94. The van der Waals surface area contributed by atoms with Crippen molar-refractivity contribution in [3.63, 3.8) is 0 Å². The van der Waals surface area contributed by atoms with Crippen LogP contribution in [0.3, 0.4) is 0 Å². The SMILES string of the molecule is C[C@@H]1C2C[C@H](C[C@H]1NCCCC1CCCCCCC1)C2(C)C. The zero-order valence-electron chi connectivity index (χ0n) is 15.4. The lowest BCUT2D eigenvalue weighted by Crippen LogP contribution is -2.60. The van der Waals surface area contributed by atoms with Gasteiger partial charge in [0.15, 0.2) is 0 Å². The van der Waals surface area contributed by atoms with Gasteiger partial charge in [0.05, 0.1) is 0 Å². The fraction of sp³-hybridized carbons (Fsp3) is 1.00. The number of hydrogen-bond donors (Lipinski definition) is 1. The molecule has 0 aliphatic heterocycles. The van der Waals surface area contributed by atoms with Crippen LogP contribution in [0.4, 0.5) is 0 Å². The molecule has 4 aliphatic rings. The molecule has 2 bridgehead atoms. The first-order chi connectivity index (χ1) is 10.6. The molecule has 1 unspecified atom stereocenters. The minimum atomic E-state index is 0.635. The molecule has 22 heavy (non-hydrogen) atoms. The Balaban J connectivity index is 1.34. The second-order valence-electron chi connectivity index (χ2n) is 9.37. The first-order valence-corrected chi connectivity index (χ1v) is 10.3. The van der Waals surface area contributed by atoms with E-state index < -0.39 is 0 Å². The summed E-state index contributed by atoms with van der Waals surface area (Å²) in [7, 11) is 0. The van der Waals surface area contributed by atoms with E-state index >= 15 is 0 Å². The predicted octanol–water partition coefficient (Wildman–Crippen LogP) is 5.79. The highest BCUT2D eigenvalue weighted by Gasteiger charge is 2.55. The van der Waals surface area contributed by atoms with E-state index in [1.807, 2.05) is 0 Å². The molecule has 1 nitrogen and oxygen atoms in total. The Morgan fingerprint density at radius 1 is 0.955 bits per heavy atom. The third-order valence-electron chi connectivity index (χ3n) is 7.77. The third-order valence-corrected chi connectivity index (χ3v) is 7.77. The van der Waals surface area contributed by atoms with Crippen molar-refractivity contribution in [1.82, 2.24) is 5.32 Å². The van der Waals surface area contributed by atoms with Crippen molar-refractivity contribution in [2.75, 3.05) is 6.54 Å². The fourth-order valence-electron chi connectivity index (χ4n) is 5.93. The molecule has 0 heterocycles. The standard InChI is InChI=1S/C21H39N/c1-16-19-14-18(21(19,2)3)15-20(16)22-13-9-12-17-10-7-5-4-6-8-11-17/h16-20,22H,4-15H2,1-3H3/t16-,18-,19?,20-/m1/s1. The van der Waals surface area contributed by atoms with E-state index in [0.717, 1.165) is 29.7 Å². The summed E-state index contributed by atoms with van der Waals surface area (Å²) in [5.41, 5.74) is 0.635. The zero-order valence-corrected chi connectivity index (χ0v) is 15.4. The van der Waals surface area contributed by atoms with E-state index in [1.54, 1.807) is 0 Å². The number of hydrogen-bond acceptors (Lipinski definition) is 1. The van der Waals surface area contributed by atoms with Crippen LogP contribution in [-0.4, -0.2) is 12.6 Å². The van der Waals surface area contributed by atoms with Gasteiger partial charge in [-0.25, -0.2) is 0 Å². The Kier molecular flexibility index (Phi) is 5.53. The van der Waals surface area contributed by atoms with Crippen molar-refractivity contribution in [3.05, 3.63) is 0 Å². The molecule has 0 aromatic rings. The number of rotatable bonds is 5. The van der Waals surface area contributed by atoms with Crippen molar-refractivity contribution < 1.29 is 0 Å². The highest BCUT2D eigenvalue weighted by Crippen LogP contribution is 2.61. The van der Waals surface area contributed by atoms with E-state index in [1.165, 1.54) is 77.2 Å². The van der Waals surface area contributed by atoms with Crippen LogP contribution in [0.15, 0.2) is 0 Å². The topological polar surface area (TPSA) is 12.0 Å². The maximum atomic E-state index is 3.94. The minimum Gasteiger partial charge on any atom is -0.314 e. The molecule has 0 aromatic heterocycles. The Bertz CT molecular complexity index is 340. The van der Waals surface area contributed by atoms with Crippen LogP contribution in [0.25, 0.3) is 0 Å². The van der Waals surface area contributed by atoms with Gasteiger partial charge >= 0.3 is 0 Å². The zero-order chi connectivity index (χ0) is 15.6. The van der Waals surface area contributed by atoms with Gasteiger partial charge in [-0.1, -0.05) is 65.7 Å². The molecule has 4 atom stereocenters. The fourth-order valence-corrected chi connectivity index (χ4v) is 5.93. The van der Waals surface area contributed by atoms with Gasteiger partial charge in [-0.2, -0.15) is 0 Å². The van der Waals surface area contributed by atoms with Crippen molar-refractivity contribution in [2.24, 2.45) is 29.1 Å². The molecule has 4 aliphatic carbocycles. The van der Waals surface area contributed by atoms with Gasteiger partial charge in [-0.05, 0) is 61.3 Å². The second kappa shape index (κ2) is 7.24. The Morgan fingerprint density at radius 3 is 2.27 bits per heavy atom. The van der Waals surface area contributed by atoms with Crippen molar-refractivity contribution in [3.8, 4) is 0 Å². The van der Waals surface area contributed by atoms with Gasteiger partial charge < -0.3 is 5.32 Å². The van der Waals surface area contributed by atoms with Gasteiger partial charge in [0, 0.05) is 6.04 Å². The van der Waals surface area contributed by atoms with Gasteiger partial charge in [-0.15, -0.1) is 0 Å². The van der Waals surface area contributed by atoms with Crippen molar-refractivity contribution >= 4 is 0 Å². The lowest BCUT2D eigenvalue weighted by atomic mass is 9.45. The van der Waals surface area contributed by atoms with Crippen LogP contribution in [0.5, 0.6) is 0 Å². The molecule has 0 spiro atoms. The second-order valence-corrected chi connectivity index (χ2v) is 9.37. The van der Waals surface area contributed by atoms with Crippen LogP contribution in [0.2, 0.25) is 0 Å². The molecular formula is C21H39N. The molecule has 0 amide bonds. The van der Waals surface area contributed by atoms with Crippen LogP contribution >= 0.6 is 0 Å². The summed E-state index contributed by atoms with van der Waals surface area (Å²) in [5.74, 6) is 3.91. The Morgan fingerprint density at radius 2 is 1.64 bits per heavy atom. The van der Waals surface area contributed by atoms with Crippen LogP contribution in [0, 0.1) is 29.1 Å². The first kappa shape index (κ1) is 16.8. The highest BCUT2D eigenvalue weighted by atomic mass is 14.9. The molecule has 1 heteroatoms. The Hall–Kier alpha value is -0.0400. The van der Waals surface area contributed by atoms with Gasteiger partial charge in [0.2, 0.25) is 0 Å². The minimum absolute atomic E-state index is 0.635. The number of fused-ring (bicyclic) bond motifs is 2. The first-order valence-electron chi connectivity index (χ1n) is 10.3. The lowest BCUT2D eigenvalue weighted by Gasteiger charge is -2.62. The van der Waals surface area contributed by atoms with E-state index in [-0.39, 0.29) is 0 Å². The van der Waals surface area contributed by atoms with E-state index in [4.69, 9.17) is 0 Å². The average Bonchev–Trinajstić information content (AvgIpc) is 2.46. The summed E-state index contributed by atoms with van der Waals surface area (Å²) in [5, 5.41) is 3.94. The molecule has 0 saturated heterocycles. The highest BCUT2D eigenvalue weighted by molar-refractivity contribution is 5.06. The van der Waals surface area contributed by atoms with E-state index in [2.05, 4.69) is 26.1 Å². The van der Waals surface area contributed by atoms with Gasteiger partial charge in [-0.3, -0.25) is 0 Å². The molecule has 4 saturated carbocycles. The number of nitrogens with one attached hydrogen (secondary N) is 1. The van der Waals surface area contributed by atoms with Gasteiger partial charge in [0.25, 0.3) is 0 Å². The van der Waals surface area contributed by atoms with E-state index in [9.17, 15) is 0 Å².